The minimum Gasteiger partial charge on any atom is -0.494 e. The largest absolute Gasteiger partial charge is 0.494 e. The maximum atomic E-state index is 12.2. The number of benzene rings is 1. The van der Waals surface area contributed by atoms with E-state index in [0.717, 1.165) is 17.7 Å². The second kappa shape index (κ2) is 9.64. The quantitative estimate of drug-likeness (QED) is 0.600. The SMILES string of the molecule is CC(C)CCOc1cccc(NC(=O)CCc2nc(-c3ccncc3)no2)c1. The summed E-state index contributed by atoms with van der Waals surface area (Å²) in [7, 11) is 0. The summed E-state index contributed by atoms with van der Waals surface area (Å²) in [5.74, 6) is 2.13. The summed E-state index contributed by atoms with van der Waals surface area (Å²) in [6.07, 6.45) is 4.94. The Labute approximate surface area is 164 Å². The van der Waals surface area contributed by atoms with Gasteiger partial charge in [-0.15, -0.1) is 0 Å². The number of pyridine rings is 1. The standard InChI is InChI=1S/C21H24N4O3/c1-15(2)10-13-27-18-5-3-4-17(14-18)23-19(26)6-7-20-24-21(25-28-20)16-8-11-22-12-9-16/h3-5,8-9,11-12,14-15H,6-7,10,13H2,1-2H3,(H,23,26). The lowest BCUT2D eigenvalue weighted by Gasteiger charge is -2.10. The first-order valence-electron chi connectivity index (χ1n) is 9.36. The summed E-state index contributed by atoms with van der Waals surface area (Å²) in [4.78, 5) is 20.5. The van der Waals surface area contributed by atoms with Crippen molar-refractivity contribution in [2.75, 3.05) is 11.9 Å². The minimum absolute atomic E-state index is 0.122. The number of hydrogen-bond donors (Lipinski definition) is 1. The van der Waals surface area contributed by atoms with Crippen LogP contribution in [0.15, 0.2) is 53.3 Å². The Balaban J connectivity index is 1.49. The third kappa shape index (κ3) is 5.90. The first-order valence-corrected chi connectivity index (χ1v) is 9.36. The maximum absolute atomic E-state index is 12.2. The van der Waals surface area contributed by atoms with Gasteiger partial charge >= 0.3 is 0 Å². The van der Waals surface area contributed by atoms with Crippen molar-refractivity contribution in [3.63, 3.8) is 0 Å². The molecule has 0 unspecified atom stereocenters. The van der Waals surface area contributed by atoms with E-state index in [1.807, 2.05) is 24.3 Å². The van der Waals surface area contributed by atoms with Crippen molar-refractivity contribution in [3.8, 4) is 17.1 Å². The molecular formula is C21H24N4O3. The second-order valence-corrected chi connectivity index (χ2v) is 6.85. The topological polar surface area (TPSA) is 90.1 Å². The average Bonchev–Trinajstić information content (AvgIpc) is 3.16. The number of carbonyl (C=O) groups is 1. The van der Waals surface area contributed by atoms with E-state index >= 15 is 0 Å². The first-order chi connectivity index (χ1) is 13.6. The first kappa shape index (κ1) is 19.5. The molecule has 28 heavy (non-hydrogen) atoms. The van der Waals surface area contributed by atoms with E-state index in [-0.39, 0.29) is 12.3 Å². The van der Waals surface area contributed by atoms with Gasteiger partial charge in [-0.05, 0) is 36.6 Å². The molecule has 0 aliphatic rings. The van der Waals surface area contributed by atoms with Crippen LogP contribution in [0.5, 0.6) is 5.75 Å². The zero-order chi connectivity index (χ0) is 19.8. The fourth-order valence-corrected chi connectivity index (χ4v) is 2.49. The molecule has 1 aromatic carbocycles. The molecule has 0 atom stereocenters. The highest BCUT2D eigenvalue weighted by molar-refractivity contribution is 5.90. The highest BCUT2D eigenvalue weighted by Crippen LogP contribution is 2.19. The van der Waals surface area contributed by atoms with Gasteiger partial charge < -0.3 is 14.6 Å². The third-order valence-electron chi connectivity index (χ3n) is 4.05. The summed E-state index contributed by atoms with van der Waals surface area (Å²) >= 11 is 0. The van der Waals surface area contributed by atoms with E-state index in [0.29, 0.717) is 36.3 Å². The van der Waals surface area contributed by atoms with Gasteiger partial charge in [0.25, 0.3) is 0 Å². The molecule has 146 valence electrons. The van der Waals surface area contributed by atoms with Crippen LogP contribution in [0.2, 0.25) is 0 Å². The van der Waals surface area contributed by atoms with Crippen LogP contribution in [-0.4, -0.2) is 27.6 Å². The van der Waals surface area contributed by atoms with Gasteiger partial charge in [0.05, 0.1) is 6.61 Å². The number of nitrogens with one attached hydrogen (secondary N) is 1. The second-order valence-electron chi connectivity index (χ2n) is 6.85. The minimum atomic E-state index is -0.122. The fourth-order valence-electron chi connectivity index (χ4n) is 2.49. The highest BCUT2D eigenvalue weighted by Gasteiger charge is 2.11. The lowest BCUT2D eigenvalue weighted by atomic mass is 10.1. The molecule has 7 nitrogen and oxygen atoms in total. The predicted molar refractivity (Wildman–Crippen MR) is 106 cm³/mol. The Morgan fingerprint density at radius 1 is 1.21 bits per heavy atom. The highest BCUT2D eigenvalue weighted by atomic mass is 16.5. The van der Waals surface area contributed by atoms with Gasteiger partial charge in [0, 0.05) is 42.6 Å². The molecule has 0 radical (unpaired) electrons. The molecule has 2 aromatic heterocycles. The predicted octanol–water partition coefficient (Wildman–Crippen LogP) is 4.13. The van der Waals surface area contributed by atoms with Crippen LogP contribution in [0.1, 0.15) is 32.6 Å². The van der Waals surface area contributed by atoms with Gasteiger partial charge in [-0.25, -0.2) is 0 Å². The lowest BCUT2D eigenvalue weighted by molar-refractivity contribution is -0.116. The lowest BCUT2D eigenvalue weighted by Crippen LogP contribution is -2.12. The van der Waals surface area contributed by atoms with Crippen molar-refractivity contribution in [1.82, 2.24) is 15.1 Å². The molecule has 0 bridgehead atoms. The van der Waals surface area contributed by atoms with Crippen LogP contribution in [0, 0.1) is 5.92 Å². The summed E-state index contributed by atoms with van der Waals surface area (Å²) < 4.78 is 10.9. The van der Waals surface area contributed by atoms with Crippen LogP contribution in [0.4, 0.5) is 5.69 Å². The summed E-state index contributed by atoms with van der Waals surface area (Å²) in [5.41, 5.74) is 1.53. The summed E-state index contributed by atoms with van der Waals surface area (Å²) in [5, 5.41) is 6.81. The molecule has 0 aliphatic heterocycles. The van der Waals surface area contributed by atoms with E-state index in [1.54, 1.807) is 24.5 Å². The van der Waals surface area contributed by atoms with E-state index in [9.17, 15) is 4.79 Å². The molecule has 7 heteroatoms. The van der Waals surface area contributed by atoms with Crippen molar-refractivity contribution in [2.45, 2.75) is 33.1 Å². The van der Waals surface area contributed by atoms with E-state index in [2.05, 4.69) is 34.3 Å². The van der Waals surface area contributed by atoms with Crippen LogP contribution < -0.4 is 10.1 Å². The van der Waals surface area contributed by atoms with Crippen molar-refractivity contribution < 1.29 is 14.1 Å². The number of amides is 1. The molecule has 3 aromatic rings. The Bertz CT molecular complexity index is 893. The number of hydrogen-bond acceptors (Lipinski definition) is 6. The van der Waals surface area contributed by atoms with Crippen molar-refractivity contribution in [2.24, 2.45) is 5.92 Å². The van der Waals surface area contributed by atoms with Crippen LogP contribution in [0.25, 0.3) is 11.4 Å². The van der Waals surface area contributed by atoms with E-state index in [1.165, 1.54) is 0 Å². The summed E-state index contributed by atoms with van der Waals surface area (Å²) in [6.45, 7) is 4.97. The van der Waals surface area contributed by atoms with Crippen molar-refractivity contribution >= 4 is 11.6 Å². The zero-order valence-electron chi connectivity index (χ0n) is 16.1. The van der Waals surface area contributed by atoms with E-state index in [4.69, 9.17) is 9.26 Å². The fraction of sp³-hybridized carbons (Fsp3) is 0.333. The molecule has 3 rings (SSSR count). The van der Waals surface area contributed by atoms with Crippen LogP contribution in [0.3, 0.4) is 0 Å². The smallest absolute Gasteiger partial charge is 0.227 e. The number of rotatable bonds is 9. The van der Waals surface area contributed by atoms with Gasteiger partial charge in [-0.1, -0.05) is 25.1 Å². The monoisotopic (exact) mass is 380 g/mol. The maximum Gasteiger partial charge on any atom is 0.227 e. The van der Waals surface area contributed by atoms with Crippen molar-refractivity contribution in [1.29, 1.82) is 0 Å². The average molecular weight is 380 g/mol. The van der Waals surface area contributed by atoms with Gasteiger partial charge in [-0.2, -0.15) is 4.98 Å². The Morgan fingerprint density at radius 3 is 2.82 bits per heavy atom. The number of aryl methyl sites for hydroxylation is 1. The molecule has 0 saturated heterocycles. The molecule has 1 amide bonds. The zero-order valence-corrected chi connectivity index (χ0v) is 16.1. The molecule has 2 heterocycles. The van der Waals surface area contributed by atoms with Gasteiger partial charge in [0.1, 0.15) is 5.75 Å². The molecule has 0 saturated carbocycles. The van der Waals surface area contributed by atoms with Gasteiger partial charge in [0.15, 0.2) is 0 Å². The van der Waals surface area contributed by atoms with Crippen LogP contribution in [-0.2, 0) is 11.2 Å². The Hall–Kier alpha value is -3.22. The number of ether oxygens (including phenoxy) is 1. The Kier molecular flexibility index (Phi) is 6.73. The molecule has 0 aliphatic carbocycles. The van der Waals surface area contributed by atoms with Crippen LogP contribution >= 0.6 is 0 Å². The van der Waals surface area contributed by atoms with Gasteiger partial charge in [0.2, 0.25) is 17.6 Å². The normalized spacial score (nSPS) is 10.8. The van der Waals surface area contributed by atoms with Gasteiger partial charge in [-0.3, -0.25) is 9.78 Å². The number of nitrogens with zero attached hydrogens (tertiary/aromatic N) is 3. The molecular weight excluding hydrogens is 356 g/mol. The third-order valence-corrected chi connectivity index (χ3v) is 4.05. The molecule has 0 fully saturated rings. The number of anilines is 1. The Morgan fingerprint density at radius 2 is 2.04 bits per heavy atom. The summed E-state index contributed by atoms with van der Waals surface area (Å²) in [6, 6.07) is 11.0. The number of carbonyl (C=O) groups excluding carboxylic acids is 1. The molecule has 0 spiro atoms. The van der Waals surface area contributed by atoms with Crippen molar-refractivity contribution in [3.05, 3.63) is 54.7 Å². The van der Waals surface area contributed by atoms with E-state index < -0.39 is 0 Å². The number of aromatic nitrogens is 3. The molecule has 1 N–H and O–H groups in total.